The largest absolute Gasteiger partial charge is 0.426 e. The van der Waals surface area contributed by atoms with Gasteiger partial charge in [-0.3, -0.25) is 4.79 Å². The molecule has 4 heteroatoms. The van der Waals surface area contributed by atoms with E-state index in [0.717, 1.165) is 37.8 Å². The normalized spacial score (nSPS) is 10.8. The molecule has 0 saturated heterocycles. The Hall–Kier alpha value is -1.45. The second-order valence-electron chi connectivity index (χ2n) is 4.71. The third kappa shape index (κ3) is 4.30. The summed E-state index contributed by atoms with van der Waals surface area (Å²) in [4.78, 5) is 11.9. The van der Waals surface area contributed by atoms with Gasteiger partial charge in [-0.15, -0.1) is 0 Å². The summed E-state index contributed by atoms with van der Waals surface area (Å²) in [6, 6.07) is 2.09. The molecule has 0 amide bonds. The lowest BCUT2D eigenvalue weighted by molar-refractivity contribution is -0.139. The molecule has 0 fully saturated rings. The van der Waals surface area contributed by atoms with Crippen LogP contribution in [0, 0.1) is 24.5 Å². The molecule has 0 radical (unpaired) electrons. The SMILES string of the molecule is CCCC(CCC)C(=O)Oc1cc(F)c(C)c(F)c1. The standard InChI is InChI=1S/C15H20F2O2/c1-4-6-11(7-5-2)15(18)19-12-8-13(16)10(3)14(17)9-12/h8-9,11H,4-7H2,1-3H3. The fraction of sp³-hybridized carbons (Fsp3) is 0.533. The van der Waals surface area contributed by atoms with Crippen LogP contribution in [0.1, 0.15) is 45.1 Å². The lowest BCUT2D eigenvalue weighted by atomic mass is 9.99. The lowest BCUT2D eigenvalue weighted by Gasteiger charge is -2.14. The van der Waals surface area contributed by atoms with Crippen molar-refractivity contribution in [3.05, 3.63) is 29.3 Å². The predicted octanol–water partition coefficient (Wildman–Crippen LogP) is 4.40. The highest BCUT2D eigenvalue weighted by atomic mass is 19.1. The quantitative estimate of drug-likeness (QED) is 0.566. The second-order valence-corrected chi connectivity index (χ2v) is 4.71. The van der Waals surface area contributed by atoms with Crippen LogP contribution in [0.3, 0.4) is 0 Å². The van der Waals surface area contributed by atoms with Gasteiger partial charge in [0.25, 0.3) is 0 Å². The van der Waals surface area contributed by atoms with E-state index >= 15 is 0 Å². The molecule has 0 spiro atoms. The van der Waals surface area contributed by atoms with E-state index < -0.39 is 17.6 Å². The van der Waals surface area contributed by atoms with Gasteiger partial charge in [-0.25, -0.2) is 8.78 Å². The van der Waals surface area contributed by atoms with Crippen molar-refractivity contribution in [1.82, 2.24) is 0 Å². The predicted molar refractivity (Wildman–Crippen MR) is 70.0 cm³/mol. The van der Waals surface area contributed by atoms with Gasteiger partial charge >= 0.3 is 5.97 Å². The molecule has 106 valence electrons. The summed E-state index contributed by atoms with van der Waals surface area (Å²) in [6.07, 6.45) is 3.19. The molecule has 1 aromatic rings. The molecular weight excluding hydrogens is 250 g/mol. The number of halogens is 2. The number of ether oxygens (including phenoxy) is 1. The number of esters is 1. The van der Waals surface area contributed by atoms with Crippen molar-refractivity contribution in [1.29, 1.82) is 0 Å². The molecule has 0 unspecified atom stereocenters. The maximum Gasteiger partial charge on any atom is 0.314 e. The third-order valence-electron chi connectivity index (χ3n) is 3.08. The number of hydrogen-bond acceptors (Lipinski definition) is 2. The fourth-order valence-electron chi connectivity index (χ4n) is 1.96. The molecule has 0 N–H and O–H groups in total. The number of rotatable bonds is 6. The van der Waals surface area contributed by atoms with Gasteiger partial charge in [0.2, 0.25) is 0 Å². The summed E-state index contributed by atoms with van der Waals surface area (Å²) in [5.41, 5.74) is -0.0709. The Balaban J connectivity index is 2.80. The molecule has 0 aliphatic rings. The summed E-state index contributed by atoms with van der Waals surface area (Å²) < 4.78 is 31.8. The highest BCUT2D eigenvalue weighted by Gasteiger charge is 2.20. The lowest BCUT2D eigenvalue weighted by Crippen LogP contribution is -2.20. The Morgan fingerprint density at radius 1 is 1.16 bits per heavy atom. The molecule has 2 nitrogen and oxygen atoms in total. The van der Waals surface area contributed by atoms with Gasteiger partial charge in [0.05, 0.1) is 5.92 Å². The monoisotopic (exact) mass is 270 g/mol. The number of hydrogen-bond donors (Lipinski definition) is 0. The highest BCUT2D eigenvalue weighted by molar-refractivity contribution is 5.75. The van der Waals surface area contributed by atoms with E-state index in [9.17, 15) is 13.6 Å². The van der Waals surface area contributed by atoms with E-state index in [1.165, 1.54) is 6.92 Å². The van der Waals surface area contributed by atoms with Crippen molar-refractivity contribution in [2.75, 3.05) is 0 Å². The number of benzene rings is 1. The molecule has 0 aromatic heterocycles. The van der Waals surface area contributed by atoms with E-state index in [1.807, 2.05) is 13.8 Å². The molecule has 0 saturated carbocycles. The van der Waals surface area contributed by atoms with Crippen molar-refractivity contribution in [3.8, 4) is 5.75 Å². The molecule has 0 heterocycles. The summed E-state index contributed by atoms with van der Waals surface area (Å²) in [6.45, 7) is 5.32. The molecule has 1 aromatic carbocycles. The zero-order valence-electron chi connectivity index (χ0n) is 11.6. The molecule has 19 heavy (non-hydrogen) atoms. The van der Waals surface area contributed by atoms with Crippen LogP contribution in [0.5, 0.6) is 5.75 Å². The van der Waals surface area contributed by atoms with Gasteiger partial charge in [0.15, 0.2) is 0 Å². The fourth-order valence-corrected chi connectivity index (χ4v) is 1.96. The minimum absolute atomic E-state index is 0.0668. The summed E-state index contributed by atoms with van der Waals surface area (Å²) in [7, 11) is 0. The minimum atomic E-state index is -0.703. The van der Waals surface area contributed by atoms with Crippen molar-refractivity contribution in [3.63, 3.8) is 0 Å². The Labute approximate surface area is 112 Å². The van der Waals surface area contributed by atoms with Crippen LogP contribution < -0.4 is 4.74 Å². The molecule has 0 aliphatic carbocycles. The van der Waals surface area contributed by atoms with Crippen molar-refractivity contribution >= 4 is 5.97 Å². The number of carbonyl (C=O) groups excluding carboxylic acids is 1. The van der Waals surface area contributed by atoms with Crippen LogP contribution in [-0.4, -0.2) is 5.97 Å². The molecule has 0 atom stereocenters. The zero-order valence-corrected chi connectivity index (χ0v) is 11.6. The van der Waals surface area contributed by atoms with Crippen molar-refractivity contribution < 1.29 is 18.3 Å². The smallest absolute Gasteiger partial charge is 0.314 e. The van der Waals surface area contributed by atoms with E-state index in [4.69, 9.17) is 4.74 Å². The molecule has 0 aliphatic heterocycles. The maximum absolute atomic E-state index is 13.4. The molecule has 1 rings (SSSR count). The zero-order chi connectivity index (χ0) is 14.4. The van der Waals surface area contributed by atoms with Crippen molar-refractivity contribution in [2.45, 2.75) is 46.5 Å². The van der Waals surface area contributed by atoms with Crippen LogP contribution in [0.4, 0.5) is 8.78 Å². The van der Waals surface area contributed by atoms with E-state index in [-0.39, 0.29) is 17.2 Å². The Morgan fingerprint density at radius 3 is 2.05 bits per heavy atom. The highest BCUT2D eigenvalue weighted by Crippen LogP contribution is 2.22. The minimum Gasteiger partial charge on any atom is -0.426 e. The Kier molecular flexibility index (Phi) is 5.93. The van der Waals surface area contributed by atoms with Gasteiger partial charge < -0.3 is 4.74 Å². The molecule has 0 bridgehead atoms. The first-order valence-corrected chi connectivity index (χ1v) is 6.66. The van der Waals surface area contributed by atoms with Gasteiger partial charge in [-0.05, 0) is 19.8 Å². The van der Waals surface area contributed by atoms with E-state index in [0.29, 0.717) is 0 Å². The van der Waals surface area contributed by atoms with Crippen LogP contribution >= 0.6 is 0 Å². The first-order chi connectivity index (χ1) is 8.99. The van der Waals surface area contributed by atoms with Crippen LogP contribution in [0.2, 0.25) is 0 Å². The van der Waals surface area contributed by atoms with Crippen LogP contribution in [0.15, 0.2) is 12.1 Å². The van der Waals surface area contributed by atoms with Gasteiger partial charge in [0.1, 0.15) is 17.4 Å². The third-order valence-corrected chi connectivity index (χ3v) is 3.08. The van der Waals surface area contributed by atoms with Gasteiger partial charge in [-0.2, -0.15) is 0 Å². The Bertz CT molecular complexity index is 415. The van der Waals surface area contributed by atoms with Gasteiger partial charge in [-0.1, -0.05) is 26.7 Å². The average molecular weight is 270 g/mol. The topological polar surface area (TPSA) is 26.3 Å². The number of carbonyl (C=O) groups is 1. The first kappa shape index (κ1) is 15.6. The summed E-state index contributed by atoms with van der Waals surface area (Å²) in [5, 5.41) is 0. The Morgan fingerprint density at radius 2 is 1.63 bits per heavy atom. The second kappa shape index (κ2) is 7.22. The van der Waals surface area contributed by atoms with E-state index in [1.54, 1.807) is 0 Å². The average Bonchev–Trinajstić information content (AvgIpc) is 2.35. The van der Waals surface area contributed by atoms with Crippen molar-refractivity contribution in [2.24, 2.45) is 5.92 Å². The van der Waals surface area contributed by atoms with Crippen LogP contribution in [-0.2, 0) is 4.79 Å². The molecular formula is C15H20F2O2. The first-order valence-electron chi connectivity index (χ1n) is 6.66. The van der Waals surface area contributed by atoms with Gasteiger partial charge in [0, 0.05) is 17.7 Å². The summed E-state index contributed by atoms with van der Waals surface area (Å²) >= 11 is 0. The maximum atomic E-state index is 13.4. The van der Waals surface area contributed by atoms with Crippen LogP contribution in [0.25, 0.3) is 0 Å². The summed E-state index contributed by atoms with van der Waals surface area (Å²) in [5.74, 6) is -2.09. The van der Waals surface area contributed by atoms with E-state index in [2.05, 4.69) is 0 Å².